The van der Waals surface area contributed by atoms with Crippen LogP contribution in [0.3, 0.4) is 0 Å². The van der Waals surface area contributed by atoms with Crippen molar-refractivity contribution in [2.45, 2.75) is 19.5 Å². The Morgan fingerprint density at radius 3 is 2.80 bits per heavy atom. The fraction of sp³-hybridized carbons (Fsp3) is 0.545. The Morgan fingerprint density at radius 2 is 2.27 bits per heavy atom. The van der Waals surface area contributed by atoms with Gasteiger partial charge in [0.15, 0.2) is 0 Å². The van der Waals surface area contributed by atoms with Crippen LogP contribution in [-0.4, -0.2) is 36.7 Å². The summed E-state index contributed by atoms with van der Waals surface area (Å²) in [6.45, 7) is 3.72. The molecule has 1 unspecified atom stereocenters. The van der Waals surface area contributed by atoms with Crippen LogP contribution < -0.4 is 0 Å². The molecule has 1 heterocycles. The first-order valence-corrected chi connectivity index (χ1v) is 5.31. The molecule has 0 saturated heterocycles. The molecule has 0 N–H and O–H groups in total. The number of hydrogen-bond donors (Lipinski definition) is 0. The standard InChI is InChI=1S/C11H17ClN2O/c1-9(8-15-3)14(2)7-10-4-5-11(12)13-6-10/h4-6,9H,7-8H2,1-3H3. The van der Waals surface area contributed by atoms with Crippen molar-refractivity contribution in [2.24, 2.45) is 0 Å². The van der Waals surface area contributed by atoms with Crippen LogP contribution in [0.1, 0.15) is 12.5 Å². The Morgan fingerprint density at radius 1 is 1.53 bits per heavy atom. The Balaban J connectivity index is 2.50. The van der Waals surface area contributed by atoms with Crippen LogP contribution in [0.2, 0.25) is 5.15 Å². The third-order valence-electron chi connectivity index (χ3n) is 2.38. The lowest BCUT2D eigenvalue weighted by Crippen LogP contribution is -2.32. The molecule has 1 aromatic heterocycles. The van der Waals surface area contributed by atoms with E-state index in [1.165, 1.54) is 0 Å². The molecule has 0 aliphatic rings. The van der Waals surface area contributed by atoms with E-state index in [1.54, 1.807) is 13.3 Å². The lowest BCUT2D eigenvalue weighted by atomic mass is 10.2. The summed E-state index contributed by atoms with van der Waals surface area (Å²) in [6.07, 6.45) is 1.80. The summed E-state index contributed by atoms with van der Waals surface area (Å²) in [5.74, 6) is 0. The normalized spacial score (nSPS) is 13.1. The summed E-state index contributed by atoms with van der Waals surface area (Å²) in [5, 5.41) is 0.534. The van der Waals surface area contributed by atoms with Gasteiger partial charge in [-0.1, -0.05) is 17.7 Å². The average molecular weight is 229 g/mol. The molecule has 0 bridgehead atoms. The van der Waals surface area contributed by atoms with Crippen molar-refractivity contribution >= 4 is 11.6 Å². The van der Waals surface area contributed by atoms with Crippen LogP contribution in [0.5, 0.6) is 0 Å². The maximum Gasteiger partial charge on any atom is 0.129 e. The van der Waals surface area contributed by atoms with Crippen molar-refractivity contribution in [3.63, 3.8) is 0 Å². The summed E-state index contributed by atoms with van der Waals surface area (Å²) in [5.41, 5.74) is 1.16. The van der Waals surface area contributed by atoms with E-state index in [1.807, 2.05) is 12.1 Å². The molecule has 3 nitrogen and oxygen atoms in total. The number of pyridine rings is 1. The van der Waals surface area contributed by atoms with Crippen LogP contribution in [0.15, 0.2) is 18.3 Å². The number of nitrogens with zero attached hydrogens (tertiary/aromatic N) is 2. The molecule has 0 fully saturated rings. The number of aromatic nitrogens is 1. The van der Waals surface area contributed by atoms with Crippen LogP contribution in [-0.2, 0) is 11.3 Å². The van der Waals surface area contributed by atoms with E-state index in [9.17, 15) is 0 Å². The first kappa shape index (κ1) is 12.4. The molecule has 0 aliphatic carbocycles. The maximum absolute atomic E-state index is 5.72. The van der Waals surface area contributed by atoms with Crippen molar-refractivity contribution in [1.82, 2.24) is 9.88 Å². The fourth-order valence-electron chi connectivity index (χ4n) is 1.31. The third kappa shape index (κ3) is 4.16. The van der Waals surface area contributed by atoms with Gasteiger partial charge in [-0.15, -0.1) is 0 Å². The SMILES string of the molecule is COCC(C)N(C)Cc1ccc(Cl)nc1. The summed E-state index contributed by atoms with van der Waals surface area (Å²) in [4.78, 5) is 6.26. The zero-order valence-corrected chi connectivity index (χ0v) is 10.2. The van der Waals surface area contributed by atoms with Crippen molar-refractivity contribution < 1.29 is 4.74 Å². The average Bonchev–Trinajstić information content (AvgIpc) is 2.22. The Labute approximate surface area is 96.0 Å². The number of rotatable bonds is 5. The molecule has 0 spiro atoms. The van der Waals surface area contributed by atoms with Gasteiger partial charge in [0.25, 0.3) is 0 Å². The fourth-order valence-corrected chi connectivity index (χ4v) is 1.42. The van der Waals surface area contributed by atoms with E-state index in [0.29, 0.717) is 11.2 Å². The van der Waals surface area contributed by atoms with Crippen molar-refractivity contribution in [3.05, 3.63) is 29.0 Å². The number of likely N-dealkylation sites (N-methyl/N-ethyl adjacent to an activating group) is 1. The number of halogens is 1. The molecule has 1 atom stereocenters. The molecule has 15 heavy (non-hydrogen) atoms. The van der Waals surface area contributed by atoms with E-state index in [0.717, 1.165) is 18.7 Å². The van der Waals surface area contributed by atoms with Gasteiger partial charge in [-0.25, -0.2) is 4.98 Å². The predicted molar refractivity (Wildman–Crippen MR) is 62.1 cm³/mol. The third-order valence-corrected chi connectivity index (χ3v) is 2.60. The second-order valence-corrected chi connectivity index (χ2v) is 4.10. The highest BCUT2D eigenvalue weighted by Crippen LogP contribution is 2.08. The molecule has 0 saturated carbocycles. The van der Waals surface area contributed by atoms with Crippen LogP contribution in [0.25, 0.3) is 0 Å². The molecule has 0 aromatic carbocycles. The molecule has 0 radical (unpaired) electrons. The highest BCUT2D eigenvalue weighted by molar-refractivity contribution is 6.29. The van der Waals surface area contributed by atoms with Gasteiger partial charge in [-0.05, 0) is 25.6 Å². The molecule has 1 rings (SSSR count). The van der Waals surface area contributed by atoms with Gasteiger partial charge in [0.2, 0.25) is 0 Å². The number of methoxy groups -OCH3 is 1. The van der Waals surface area contributed by atoms with Crippen LogP contribution >= 0.6 is 11.6 Å². The van der Waals surface area contributed by atoms with E-state index in [4.69, 9.17) is 16.3 Å². The summed E-state index contributed by atoms with van der Waals surface area (Å²) in [7, 11) is 3.78. The number of hydrogen-bond acceptors (Lipinski definition) is 3. The van der Waals surface area contributed by atoms with E-state index >= 15 is 0 Å². The summed E-state index contributed by atoms with van der Waals surface area (Å²) < 4.78 is 5.10. The smallest absolute Gasteiger partial charge is 0.129 e. The van der Waals surface area contributed by atoms with Gasteiger partial charge in [0, 0.05) is 25.9 Å². The van der Waals surface area contributed by atoms with Gasteiger partial charge >= 0.3 is 0 Å². The second kappa shape index (κ2) is 6.05. The largest absolute Gasteiger partial charge is 0.383 e. The van der Waals surface area contributed by atoms with E-state index in [-0.39, 0.29) is 0 Å². The van der Waals surface area contributed by atoms with Gasteiger partial charge < -0.3 is 4.74 Å². The predicted octanol–water partition coefficient (Wildman–Crippen LogP) is 2.20. The van der Waals surface area contributed by atoms with E-state index < -0.39 is 0 Å². The summed E-state index contributed by atoms with van der Waals surface area (Å²) in [6, 6.07) is 4.20. The molecular weight excluding hydrogens is 212 g/mol. The Hall–Kier alpha value is -0.640. The van der Waals surface area contributed by atoms with E-state index in [2.05, 4.69) is 23.9 Å². The Bertz CT molecular complexity index is 289. The second-order valence-electron chi connectivity index (χ2n) is 3.71. The lowest BCUT2D eigenvalue weighted by Gasteiger charge is -2.23. The van der Waals surface area contributed by atoms with Gasteiger partial charge in [-0.3, -0.25) is 4.90 Å². The van der Waals surface area contributed by atoms with Gasteiger partial charge in [0.05, 0.1) is 6.61 Å². The lowest BCUT2D eigenvalue weighted by molar-refractivity contribution is 0.112. The molecule has 4 heteroatoms. The van der Waals surface area contributed by atoms with Crippen LogP contribution in [0, 0.1) is 0 Å². The zero-order valence-electron chi connectivity index (χ0n) is 9.40. The molecule has 84 valence electrons. The maximum atomic E-state index is 5.72. The Kier molecular flexibility index (Phi) is 5.02. The van der Waals surface area contributed by atoms with Crippen molar-refractivity contribution in [2.75, 3.05) is 20.8 Å². The van der Waals surface area contributed by atoms with Crippen molar-refractivity contribution in [3.8, 4) is 0 Å². The minimum absolute atomic E-state index is 0.394. The highest BCUT2D eigenvalue weighted by Gasteiger charge is 2.08. The van der Waals surface area contributed by atoms with Crippen molar-refractivity contribution in [1.29, 1.82) is 0 Å². The molecule has 0 aliphatic heterocycles. The quantitative estimate of drug-likeness (QED) is 0.723. The zero-order chi connectivity index (χ0) is 11.3. The monoisotopic (exact) mass is 228 g/mol. The molecule has 0 amide bonds. The first-order chi connectivity index (χ1) is 7.13. The summed E-state index contributed by atoms with van der Waals surface area (Å²) >= 11 is 5.72. The number of ether oxygens (including phenoxy) is 1. The molecule has 1 aromatic rings. The first-order valence-electron chi connectivity index (χ1n) is 4.93. The minimum Gasteiger partial charge on any atom is -0.383 e. The van der Waals surface area contributed by atoms with Crippen LogP contribution in [0.4, 0.5) is 0 Å². The minimum atomic E-state index is 0.394. The topological polar surface area (TPSA) is 25.4 Å². The highest BCUT2D eigenvalue weighted by atomic mass is 35.5. The molecular formula is C11H17ClN2O. The van der Waals surface area contributed by atoms with Gasteiger partial charge in [-0.2, -0.15) is 0 Å². The van der Waals surface area contributed by atoms with Gasteiger partial charge in [0.1, 0.15) is 5.15 Å².